The molecule has 0 aliphatic carbocycles. The van der Waals surface area contributed by atoms with Crippen molar-refractivity contribution in [2.45, 2.75) is 46.6 Å². The lowest BCUT2D eigenvalue weighted by molar-refractivity contribution is -0.0436. The van der Waals surface area contributed by atoms with Gasteiger partial charge >= 0.3 is 5.51 Å². The van der Waals surface area contributed by atoms with Crippen LogP contribution >= 0.6 is 11.3 Å². The summed E-state index contributed by atoms with van der Waals surface area (Å²) in [6.07, 6.45) is 1.07. The number of carbonyl (C=O) groups excluding carboxylic acids is 1. The van der Waals surface area contributed by atoms with Gasteiger partial charge in [-0.25, -0.2) is 16.8 Å². The number of halogens is 3. The highest BCUT2D eigenvalue weighted by atomic mass is 32.2. The SMILES string of the molecule is O=C(NCc1ccc(S(=O)(=O)N2CCC(NCc3ccc(S(=O)(=O)C(F)(F)F)cc3)CC2)s1)c1ccccc1. The van der Waals surface area contributed by atoms with Crippen LogP contribution in [0.1, 0.15) is 33.6 Å². The summed E-state index contributed by atoms with van der Waals surface area (Å²) in [7, 11) is -9.08. The highest BCUT2D eigenvalue weighted by Crippen LogP contribution is 2.30. The van der Waals surface area contributed by atoms with Gasteiger partial charge < -0.3 is 10.6 Å². The molecule has 0 unspecified atom stereocenters. The number of piperidine rings is 1. The molecule has 1 aliphatic rings. The molecule has 2 N–H and O–H groups in total. The van der Waals surface area contributed by atoms with Crippen LogP contribution in [0.15, 0.2) is 75.8 Å². The predicted octanol–water partition coefficient (Wildman–Crippen LogP) is 3.91. The van der Waals surface area contributed by atoms with Crippen LogP contribution in [0, 0.1) is 0 Å². The number of nitrogens with one attached hydrogen (secondary N) is 2. The molecule has 1 amide bonds. The van der Waals surface area contributed by atoms with Crippen LogP contribution in [-0.4, -0.2) is 51.7 Å². The summed E-state index contributed by atoms with van der Waals surface area (Å²) in [6.45, 7) is 1.09. The number of sulfone groups is 1. The summed E-state index contributed by atoms with van der Waals surface area (Å²) in [6, 6.07) is 16.4. The normalized spacial score (nSPS) is 15.8. The van der Waals surface area contributed by atoms with Crippen molar-refractivity contribution < 1.29 is 34.8 Å². The third kappa shape index (κ3) is 6.87. The number of rotatable bonds is 9. The molecule has 8 nitrogen and oxygen atoms in total. The van der Waals surface area contributed by atoms with Crippen molar-refractivity contribution in [3.63, 3.8) is 0 Å². The molecule has 0 bridgehead atoms. The molecular formula is C25H26F3N3O5S3. The maximum atomic E-state index is 13.1. The van der Waals surface area contributed by atoms with Crippen LogP contribution in [-0.2, 0) is 33.0 Å². The van der Waals surface area contributed by atoms with Crippen molar-refractivity contribution in [2.24, 2.45) is 0 Å². The molecule has 3 aromatic rings. The van der Waals surface area contributed by atoms with Crippen LogP contribution in [0.4, 0.5) is 13.2 Å². The Morgan fingerprint density at radius 1 is 0.897 bits per heavy atom. The number of amides is 1. The molecule has 0 radical (unpaired) electrons. The van der Waals surface area contributed by atoms with Gasteiger partial charge in [0.1, 0.15) is 4.21 Å². The van der Waals surface area contributed by atoms with Gasteiger partial charge in [-0.1, -0.05) is 30.3 Å². The maximum Gasteiger partial charge on any atom is 0.501 e. The van der Waals surface area contributed by atoms with Gasteiger partial charge in [-0.15, -0.1) is 11.3 Å². The van der Waals surface area contributed by atoms with Gasteiger partial charge in [-0.3, -0.25) is 4.79 Å². The van der Waals surface area contributed by atoms with Gasteiger partial charge in [0.2, 0.25) is 0 Å². The molecule has 14 heteroatoms. The van der Waals surface area contributed by atoms with Gasteiger partial charge in [-0.2, -0.15) is 17.5 Å². The van der Waals surface area contributed by atoms with Crippen molar-refractivity contribution in [1.29, 1.82) is 0 Å². The fraction of sp³-hybridized carbons (Fsp3) is 0.320. The minimum Gasteiger partial charge on any atom is -0.347 e. The summed E-state index contributed by atoms with van der Waals surface area (Å²) in [5, 5.41) is 6.04. The van der Waals surface area contributed by atoms with E-state index >= 15 is 0 Å². The lowest BCUT2D eigenvalue weighted by Gasteiger charge is -2.31. The van der Waals surface area contributed by atoms with E-state index in [2.05, 4.69) is 10.6 Å². The zero-order valence-electron chi connectivity index (χ0n) is 20.5. The lowest BCUT2D eigenvalue weighted by Crippen LogP contribution is -2.44. The van der Waals surface area contributed by atoms with Gasteiger partial charge in [0.25, 0.3) is 25.8 Å². The Hall–Kier alpha value is -2.78. The monoisotopic (exact) mass is 601 g/mol. The fourth-order valence-corrected chi connectivity index (χ4v) is 7.74. The van der Waals surface area contributed by atoms with E-state index in [1.165, 1.54) is 22.5 Å². The first-order valence-electron chi connectivity index (χ1n) is 11.9. The number of carbonyl (C=O) groups is 1. The molecule has 4 rings (SSSR count). The minimum atomic E-state index is -5.39. The Morgan fingerprint density at radius 3 is 2.15 bits per heavy atom. The molecule has 2 heterocycles. The fourth-order valence-electron chi connectivity index (χ4n) is 4.06. The van der Waals surface area contributed by atoms with Crippen LogP contribution in [0.25, 0.3) is 0 Å². The van der Waals surface area contributed by atoms with Crippen LogP contribution < -0.4 is 10.6 Å². The number of hydrogen-bond acceptors (Lipinski definition) is 7. The zero-order chi connectivity index (χ0) is 28.3. The lowest BCUT2D eigenvalue weighted by atomic mass is 10.1. The Balaban J connectivity index is 1.26. The Kier molecular flexibility index (Phi) is 8.81. The molecule has 0 atom stereocenters. The van der Waals surface area contributed by atoms with Crippen molar-refractivity contribution in [1.82, 2.24) is 14.9 Å². The largest absolute Gasteiger partial charge is 0.501 e. The summed E-state index contributed by atoms with van der Waals surface area (Å²) in [4.78, 5) is 12.1. The van der Waals surface area contributed by atoms with E-state index in [1.807, 2.05) is 6.07 Å². The molecule has 0 spiro atoms. The van der Waals surface area contributed by atoms with E-state index in [0.717, 1.165) is 23.5 Å². The summed E-state index contributed by atoms with van der Waals surface area (Å²) >= 11 is 1.11. The van der Waals surface area contributed by atoms with Crippen molar-refractivity contribution >= 4 is 37.1 Å². The van der Waals surface area contributed by atoms with E-state index < -0.39 is 30.3 Å². The quantitative estimate of drug-likeness (QED) is 0.385. The predicted molar refractivity (Wildman–Crippen MR) is 140 cm³/mol. The zero-order valence-corrected chi connectivity index (χ0v) is 23.0. The van der Waals surface area contributed by atoms with Crippen molar-refractivity contribution in [2.75, 3.05) is 13.1 Å². The Morgan fingerprint density at radius 2 is 1.54 bits per heavy atom. The van der Waals surface area contributed by atoms with Gasteiger partial charge in [0, 0.05) is 36.1 Å². The number of hydrogen-bond donors (Lipinski definition) is 2. The smallest absolute Gasteiger partial charge is 0.347 e. The molecule has 210 valence electrons. The van der Waals surface area contributed by atoms with Crippen LogP contribution in [0.2, 0.25) is 0 Å². The molecular weight excluding hydrogens is 575 g/mol. The molecule has 1 aliphatic heterocycles. The minimum absolute atomic E-state index is 0.0119. The van der Waals surface area contributed by atoms with E-state index in [9.17, 15) is 34.8 Å². The second-order valence-electron chi connectivity index (χ2n) is 8.92. The van der Waals surface area contributed by atoms with Crippen molar-refractivity contribution in [3.8, 4) is 0 Å². The number of thiophene rings is 1. The van der Waals surface area contributed by atoms with Crippen LogP contribution in [0.3, 0.4) is 0 Å². The van der Waals surface area contributed by atoms with Gasteiger partial charge in [-0.05, 0) is 54.8 Å². The van der Waals surface area contributed by atoms with Crippen molar-refractivity contribution in [3.05, 3.63) is 82.7 Å². The third-order valence-electron chi connectivity index (χ3n) is 6.28. The second-order valence-corrected chi connectivity index (χ2v) is 14.2. The standard InChI is InChI=1S/C25H26F3N3O5S3/c26-25(27,28)38(33,34)22-9-6-18(7-10-22)16-29-20-12-14-31(15-13-20)39(35,36)23-11-8-21(37-23)17-30-24(32)19-4-2-1-3-5-19/h1-11,20,29H,12-17H2,(H,30,32). The molecule has 0 saturated carbocycles. The summed E-state index contributed by atoms with van der Waals surface area (Å²) in [5.74, 6) is -0.245. The second kappa shape index (κ2) is 11.8. The maximum absolute atomic E-state index is 13.1. The van der Waals surface area contributed by atoms with Gasteiger partial charge in [0.15, 0.2) is 0 Å². The number of benzene rings is 2. The Labute approximate surface area is 228 Å². The molecule has 1 aromatic heterocycles. The van der Waals surface area contributed by atoms with Crippen LogP contribution in [0.5, 0.6) is 0 Å². The number of sulfonamides is 1. The number of nitrogens with zero attached hydrogens (tertiary/aromatic N) is 1. The van der Waals surface area contributed by atoms with E-state index in [4.69, 9.17) is 0 Å². The average Bonchev–Trinajstić information content (AvgIpc) is 3.41. The molecule has 1 fully saturated rings. The first-order chi connectivity index (χ1) is 18.4. The summed E-state index contributed by atoms with van der Waals surface area (Å²) < 4.78 is 88.9. The van der Waals surface area contributed by atoms with E-state index in [1.54, 1.807) is 30.3 Å². The van der Waals surface area contributed by atoms with E-state index in [0.29, 0.717) is 48.5 Å². The summed E-state index contributed by atoms with van der Waals surface area (Å²) in [5.41, 5.74) is -4.23. The molecule has 39 heavy (non-hydrogen) atoms. The first kappa shape index (κ1) is 29.2. The topological polar surface area (TPSA) is 113 Å². The highest BCUT2D eigenvalue weighted by molar-refractivity contribution is 7.92. The third-order valence-corrected chi connectivity index (χ3v) is 11.2. The first-order valence-corrected chi connectivity index (χ1v) is 15.7. The number of alkyl halides is 3. The van der Waals surface area contributed by atoms with Gasteiger partial charge in [0.05, 0.1) is 11.4 Å². The Bertz CT molecular complexity index is 1500. The highest BCUT2D eigenvalue weighted by Gasteiger charge is 2.46. The average molecular weight is 602 g/mol. The van der Waals surface area contributed by atoms with E-state index in [-0.39, 0.29) is 22.7 Å². The molecule has 2 aromatic carbocycles. The molecule has 1 saturated heterocycles.